The number of rotatable bonds is 6. The van der Waals surface area contributed by atoms with Gasteiger partial charge in [0, 0.05) is 18.3 Å². The molecule has 108 valence electrons. The van der Waals surface area contributed by atoms with E-state index in [9.17, 15) is 8.42 Å². The average molecular weight is 296 g/mol. The van der Waals surface area contributed by atoms with Crippen LogP contribution in [-0.2, 0) is 16.6 Å². The van der Waals surface area contributed by atoms with Crippen LogP contribution >= 0.6 is 0 Å². The first-order chi connectivity index (χ1) is 9.49. The van der Waals surface area contributed by atoms with Crippen LogP contribution in [0.2, 0.25) is 0 Å². The van der Waals surface area contributed by atoms with E-state index in [0.717, 1.165) is 0 Å². The van der Waals surface area contributed by atoms with E-state index in [1.165, 1.54) is 12.3 Å². The summed E-state index contributed by atoms with van der Waals surface area (Å²) in [5, 5.41) is 6.05. The second-order valence-electron chi connectivity index (χ2n) is 4.38. The molecule has 0 atom stereocenters. The lowest BCUT2D eigenvalue weighted by molar-refractivity contribution is 0.230. The summed E-state index contributed by atoms with van der Waals surface area (Å²) in [6.45, 7) is 3.86. The molecule has 2 N–H and O–H groups in total. The van der Waals surface area contributed by atoms with Gasteiger partial charge in [0.05, 0.1) is 12.3 Å². The number of sulfonamides is 1. The highest BCUT2D eigenvalue weighted by Crippen LogP contribution is 2.16. The largest absolute Gasteiger partial charge is 0.475 e. The maximum absolute atomic E-state index is 12.0. The van der Waals surface area contributed by atoms with Crippen LogP contribution in [0.5, 0.6) is 5.88 Å². The summed E-state index contributed by atoms with van der Waals surface area (Å²) in [5.41, 5.74) is 0.671. The number of hydrogen-bond acceptors (Lipinski definition) is 5. The highest BCUT2D eigenvalue weighted by atomic mass is 32.2. The Morgan fingerprint density at radius 1 is 1.35 bits per heavy atom. The maximum atomic E-state index is 12.0. The molecule has 2 heterocycles. The van der Waals surface area contributed by atoms with Crippen LogP contribution in [0.4, 0.5) is 0 Å². The van der Waals surface area contributed by atoms with Gasteiger partial charge in [-0.05, 0) is 26.0 Å². The molecule has 2 rings (SSSR count). The Morgan fingerprint density at radius 3 is 2.80 bits per heavy atom. The summed E-state index contributed by atoms with van der Waals surface area (Å²) in [7, 11) is -3.61. The molecule has 0 amide bonds. The summed E-state index contributed by atoms with van der Waals surface area (Å²) in [5.74, 6) is 0.426. The van der Waals surface area contributed by atoms with Gasteiger partial charge in [0.1, 0.15) is 0 Å². The second kappa shape index (κ2) is 6.02. The van der Waals surface area contributed by atoms with Crippen LogP contribution in [0, 0.1) is 0 Å². The van der Waals surface area contributed by atoms with E-state index in [1.807, 2.05) is 13.8 Å². The third kappa shape index (κ3) is 3.55. The van der Waals surface area contributed by atoms with Gasteiger partial charge in [-0.15, -0.1) is 0 Å². The third-order valence-electron chi connectivity index (χ3n) is 2.41. The van der Waals surface area contributed by atoms with Crippen LogP contribution in [-0.4, -0.2) is 29.7 Å². The normalized spacial score (nSPS) is 11.8. The molecule has 0 aliphatic heterocycles. The van der Waals surface area contributed by atoms with Gasteiger partial charge in [0.2, 0.25) is 5.88 Å². The number of ether oxygens (including phenoxy) is 1. The molecule has 0 unspecified atom stereocenters. The number of pyridine rings is 1. The molecule has 20 heavy (non-hydrogen) atoms. The Balaban J connectivity index is 2.12. The zero-order valence-corrected chi connectivity index (χ0v) is 12.0. The minimum Gasteiger partial charge on any atom is -0.475 e. The Hall–Kier alpha value is -1.93. The van der Waals surface area contributed by atoms with Crippen LogP contribution < -0.4 is 9.46 Å². The summed E-state index contributed by atoms with van der Waals surface area (Å²) in [6.07, 6.45) is 2.95. The SMILES string of the molecule is CC(C)Oc1ncccc1CNS(=O)(=O)c1ccn[nH]1. The number of aromatic amines is 1. The van der Waals surface area contributed by atoms with E-state index < -0.39 is 10.0 Å². The van der Waals surface area contributed by atoms with Gasteiger partial charge in [-0.3, -0.25) is 5.10 Å². The average Bonchev–Trinajstić information content (AvgIpc) is 2.92. The predicted octanol–water partition coefficient (Wildman–Crippen LogP) is 1.07. The molecule has 8 heteroatoms. The Morgan fingerprint density at radius 2 is 2.15 bits per heavy atom. The molecule has 0 aliphatic carbocycles. The third-order valence-corrected chi connectivity index (χ3v) is 3.75. The number of nitrogens with one attached hydrogen (secondary N) is 2. The molecule has 0 saturated heterocycles. The Bertz CT molecular complexity index is 653. The lowest BCUT2D eigenvalue weighted by Crippen LogP contribution is -2.24. The van der Waals surface area contributed by atoms with Crippen molar-refractivity contribution in [1.82, 2.24) is 19.9 Å². The van der Waals surface area contributed by atoms with Gasteiger partial charge in [-0.1, -0.05) is 6.07 Å². The van der Waals surface area contributed by atoms with Crippen LogP contribution in [0.1, 0.15) is 19.4 Å². The van der Waals surface area contributed by atoms with Gasteiger partial charge >= 0.3 is 0 Å². The standard InChI is InChI=1S/C12H16N4O3S/c1-9(2)19-12-10(4-3-6-13-12)8-15-20(17,18)11-5-7-14-16-11/h3-7,9,15H,8H2,1-2H3,(H,14,16). The second-order valence-corrected chi connectivity index (χ2v) is 6.12. The monoisotopic (exact) mass is 296 g/mol. The first kappa shape index (κ1) is 14.5. The van der Waals surface area contributed by atoms with Crippen molar-refractivity contribution in [3.05, 3.63) is 36.2 Å². The topological polar surface area (TPSA) is 97.0 Å². The van der Waals surface area contributed by atoms with E-state index in [4.69, 9.17) is 4.74 Å². The lowest BCUT2D eigenvalue weighted by atomic mass is 10.3. The summed E-state index contributed by atoms with van der Waals surface area (Å²) >= 11 is 0. The fraction of sp³-hybridized carbons (Fsp3) is 0.333. The first-order valence-electron chi connectivity index (χ1n) is 6.08. The maximum Gasteiger partial charge on any atom is 0.257 e. The molecule has 2 aromatic heterocycles. The van der Waals surface area contributed by atoms with Gasteiger partial charge in [0.25, 0.3) is 10.0 Å². The summed E-state index contributed by atoms with van der Waals surface area (Å²) in [4.78, 5) is 4.11. The van der Waals surface area contributed by atoms with Crippen molar-refractivity contribution < 1.29 is 13.2 Å². The van der Waals surface area contributed by atoms with Crippen molar-refractivity contribution in [3.8, 4) is 5.88 Å². The first-order valence-corrected chi connectivity index (χ1v) is 7.57. The van der Waals surface area contributed by atoms with Gasteiger partial charge in [-0.25, -0.2) is 18.1 Å². The molecular weight excluding hydrogens is 280 g/mol. The molecule has 2 aromatic rings. The predicted molar refractivity (Wildman–Crippen MR) is 72.6 cm³/mol. The van der Waals surface area contributed by atoms with E-state index in [-0.39, 0.29) is 17.7 Å². The fourth-order valence-corrected chi connectivity index (χ4v) is 2.45. The minimum absolute atomic E-state index is 0.0210. The minimum atomic E-state index is -3.61. The van der Waals surface area contributed by atoms with Crippen molar-refractivity contribution in [2.24, 2.45) is 0 Å². The molecule has 7 nitrogen and oxygen atoms in total. The van der Waals surface area contributed by atoms with Crippen molar-refractivity contribution in [3.63, 3.8) is 0 Å². The number of H-pyrrole nitrogens is 1. The smallest absolute Gasteiger partial charge is 0.257 e. The van der Waals surface area contributed by atoms with E-state index in [0.29, 0.717) is 11.4 Å². The Kier molecular flexibility index (Phi) is 4.35. The van der Waals surface area contributed by atoms with Crippen LogP contribution in [0.3, 0.4) is 0 Å². The van der Waals surface area contributed by atoms with E-state index in [2.05, 4.69) is 19.9 Å². The van der Waals surface area contributed by atoms with Crippen LogP contribution in [0.25, 0.3) is 0 Å². The highest BCUT2D eigenvalue weighted by Gasteiger charge is 2.16. The zero-order chi connectivity index (χ0) is 14.6. The van der Waals surface area contributed by atoms with Crippen LogP contribution in [0.15, 0.2) is 35.6 Å². The number of nitrogens with zero attached hydrogens (tertiary/aromatic N) is 2. The number of hydrogen-bond donors (Lipinski definition) is 2. The van der Waals surface area contributed by atoms with E-state index in [1.54, 1.807) is 18.3 Å². The van der Waals surface area contributed by atoms with Crippen molar-refractivity contribution >= 4 is 10.0 Å². The molecule has 0 saturated carbocycles. The molecule has 0 fully saturated rings. The highest BCUT2D eigenvalue weighted by molar-refractivity contribution is 7.89. The van der Waals surface area contributed by atoms with Crippen molar-refractivity contribution in [2.75, 3.05) is 0 Å². The van der Waals surface area contributed by atoms with Crippen molar-refractivity contribution in [2.45, 2.75) is 31.5 Å². The molecule has 0 aliphatic rings. The summed E-state index contributed by atoms with van der Waals surface area (Å²) < 4.78 is 31.9. The Labute approximate surface area is 117 Å². The zero-order valence-electron chi connectivity index (χ0n) is 11.2. The molecular formula is C12H16N4O3S. The number of aromatic nitrogens is 3. The molecule has 0 spiro atoms. The fourth-order valence-electron chi connectivity index (χ4n) is 1.53. The van der Waals surface area contributed by atoms with Gasteiger partial charge < -0.3 is 4.74 Å². The van der Waals surface area contributed by atoms with Crippen molar-refractivity contribution in [1.29, 1.82) is 0 Å². The van der Waals surface area contributed by atoms with Gasteiger partial charge in [-0.2, -0.15) is 5.10 Å². The van der Waals surface area contributed by atoms with E-state index >= 15 is 0 Å². The molecule has 0 bridgehead atoms. The lowest BCUT2D eigenvalue weighted by Gasteiger charge is -2.13. The quantitative estimate of drug-likeness (QED) is 0.831. The van der Waals surface area contributed by atoms with Gasteiger partial charge in [0.15, 0.2) is 5.03 Å². The molecule has 0 radical (unpaired) electrons. The summed E-state index contributed by atoms with van der Waals surface area (Å²) in [6, 6.07) is 4.88. The molecule has 0 aromatic carbocycles.